The topological polar surface area (TPSA) is 66.8 Å². The molecule has 0 saturated heterocycles. The van der Waals surface area contributed by atoms with Crippen LogP contribution in [0, 0.1) is 17.3 Å². The number of hydrogen-bond acceptors (Lipinski definition) is 3. The van der Waals surface area contributed by atoms with E-state index >= 15 is 0 Å². The average molecular weight is 358 g/mol. The molecule has 4 atom stereocenters. The second kappa shape index (κ2) is 5.64. The fourth-order valence-electron chi connectivity index (χ4n) is 6.23. The van der Waals surface area contributed by atoms with Crippen LogP contribution < -0.4 is 4.74 Å². The van der Waals surface area contributed by atoms with Crippen LogP contribution in [-0.2, 0) is 6.42 Å². The van der Waals surface area contributed by atoms with Gasteiger partial charge in [-0.2, -0.15) is 0 Å². The zero-order chi connectivity index (χ0) is 18.9. The van der Waals surface area contributed by atoms with Crippen LogP contribution in [0.2, 0.25) is 0 Å². The molecule has 2 N–H and O–H groups in total. The number of aromatic carboxylic acids is 1. The molecule has 1 heterocycles. The fourth-order valence-corrected chi connectivity index (χ4v) is 6.23. The van der Waals surface area contributed by atoms with Crippen LogP contribution in [0.1, 0.15) is 87.2 Å². The lowest BCUT2D eigenvalue weighted by Crippen LogP contribution is -2.59. The number of carbonyl (C=O) groups is 1. The molecular formula is C22H30O4. The molecule has 1 aliphatic heterocycles. The van der Waals surface area contributed by atoms with Gasteiger partial charge < -0.3 is 14.9 Å². The number of phenols is 1. The van der Waals surface area contributed by atoms with Gasteiger partial charge in [-0.25, -0.2) is 4.79 Å². The predicted molar refractivity (Wildman–Crippen MR) is 100 cm³/mol. The van der Waals surface area contributed by atoms with Crippen molar-refractivity contribution in [3.63, 3.8) is 0 Å². The van der Waals surface area contributed by atoms with E-state index in [1.54, 1.807) is 0 Å². The van der Waals surface area contributed by atoms with Crippen molar-refractivity contribution in [3.05, 3.63) is 22.8 Å². The van der Waals surface area contributed by atoms with E-state index in [0.717, 1.165) is 43.4 Å². The summed E-state index contributed by atoms with van der Waals surface area (Å²) < 4.78 is 6.45. The molecule has 4 rings (SSSR count). The van der Waals surface area contributed by atoms with Crippen LogP contribution in [0.25, 0.3) is 0 Å². The van der Waals surface area contributed by atoms with Crippen molar-refractivity contribution >= 4 is 5.97 Å². The fraction of sp³-hybridized carbons (Fsp3) is 0.682. The van der Waals surface area contributed by atoms with Crippen LogP contribution >= 0.6 is 0 Å². The number of ether oxygens (including phenoxy) is 1. The Morgan fingerprint density at radius 3 is 2.69 bits per heavy atom. The number of hydrogen-bond donors (Lipinski definition) is 2. The number of rotatable bonds is 5. The van der Waals surface area contributed by atoms with Gasteiger partial charge in [-0.3, -0.25) is 0 Å². The van der Waals surface area contributed by atoms with Crippen LogP contribution in [0.5, 0.6) is 11.5 Å². The second-order valence-corrected chi connectivity index (χ2v) is 9.32. The van der Waals surface area contributed by atoms with Crippen molar-refractivity contribution < 1.29 is 19.7 Å². The van der Waals surface area contributed by atoms with Gasteiger partial charge in [0, 0.05) is 17.4 Å². The van der Waals surface area contributed by atoms with E-state index < -0.39 is 5.97 Å². The molecule has 4 nitrogen and oxygen atoms in total. The molecule has 1 aromatic rings. The SMILES string of the molecule is CCCCCc1cc2c(c(O)c1C(=O)O)C1C3[C@H](CC[C@@]3(C)O2)C1(C)C. The van der Waals surface area contributed by atoms with Gasteiger partial charge in [0.15, 0.2) is 0 Å². The Kier molecular flexibility index (Phi) is 3.84. The van der Waals surface area contributed by atoms with Gasteiger partial charge in [0.2, 0.25) is 0 Å². The number of benzene rings is 1. The van der Waals surface area contributed by atoms with Crippen LogP contribution in [0.4, 0.5) is 0 Å². The molecule has 0 bridgehead atoms. The van der Waals surface area contributed by atoms with Gasteiger partial charge in [0.25, 0.3) is 0 Å². The van der Waals surface area contributed by atoms with E-state index in [1.807, 2.05) is 6.07 Å². The normalized spacial score (nSPS) is 33.0. The van der Waals surface area contributed by atoms with E-state index in [1.165, 1.54) is 0 Å². The molecule has 4 heteroatoms. The summed E-state index contributed by atoms with van der Waals surface area (Å²) in [5.74, 6) is 0.769. The molecule has 2 unspecified atom stereocenters. The van der Waals surface area contributed by atoms with Crippen molar-refractivity contribution in [1.82, 2.24) is 0 Å². The molecule has 142 valence electrons. The first-order valence-electron chi connectivity index (χ1n) is 10.0. The molecule has 0 aromatic heterocycles. The summed E-state index contributed by atoms with van der Waals surface area (Å²) in [6, 6.07) is 1.91. The number of unbranched alkanes of at least 4 members (excludes halogenated alkanes) is 2. The highest BCUT2D eigenvalue weighted by Crippen LogP contribution is 2.74. The zero-order valence-corrected chi connectivity index (χ0v) is 16.3. The van der Waals surface area contributed by atoms with Crippen molar-refractivity contribution in [1.29, 1.82) is 0 Å². The number of fused-ring (bicyclic) bond motifs is 2. The van der Waals surface area contributed by atoms with Gasteiger partial charge in [0.1, 0.15) is 22.7 Å². The Bertz CT molecular complexity index is 766. The largest absolute Gasteiger partial charge is 0.507 e. The zero-order valence-electron chi connectivity index (χ0n) is 16.3. The Hall–Kier alpha value is -1.71. The molecule has 3 aliphatic rings. The number of carboxylic acid groups (broad SMARTS) is 1. The minimum atomic E-state index is -1.04. The van der Waals surface area contributed by atoms with Crippen LogP contribution in [-0.4, -0.2) is 21.8 Å². The van der Waals surface area contributed by atoms with Crippen LogP contribution in [0.15, 0.2) is 6.07 Å². The first kappa shape index (κ1) is 17.7. The molecule has 2 aliphatic carbocycles. The van der Waals surface area contributed by atoms with E-state index in [0.29, 0.717) is 23.8 Å². The second-order valence-electron chi connectivity index (χ2n) is 9.32. The van der Waals surface area contributed by atoms with E-state index in [2.05, 4.69) is 27.7 Å². The summed E-state index contributed by atoms with van der Waals surface area (Å²) in [6.45, 7) is 8.84. The van der Waals surface area contributed by atoms with Crippen molar-refractivity contribution in [3.8, 4) is 11.5 Å². The van der Waals surface area contributed by atoms with E-state index in [-0.39, 0.29) is 28.2 Å². The average Bonchev–Trinajstić information content (AvgIpc) is 2.88. The lowest BCUT2D eigenvalue weighted by atomic mass is 9.45. The van der Waals surface area contributed by atoms with E-state index in [4.69, 9.17) is 4.74 Å². The number of carboxylic acids is 1. The summed E-state index contributed by atoms with van der Waals surface area (Å²) in [5, 5.41) is 20.8. The highest BCUT2D eigenvalue weighted by atomic mass is 16.5. The lowest BCUT2D eigenvalue weighted by Gasteiger charge is -2.62. The van der Waals surface area contributed by atoms with Crippen molar-refractivity contribution in [2.45, 2.75) is 77.7 Å². The summed E-state index contributed by atoms with van der Waals surface area (Å²) >= 11 is 0. The maximum atomic E-state index is 11.9. The third kappa shape index (κ3) is 2.17. The van der Waals surface area contributed by atoms with Crippen LogP contribution in [0.3, 0.4) is 0 Å². The van der Waals surface area contributed by atoms with Crippen molar-refractivity contribution in [2.24, 2.45) is 17.3 Å². The Labute approximate surface area is 155 Å². The van der Waals surface area contributed by atoms with E-state index in [9.17, 15) is 15.0 Å². The highest BCUT2D eigenvalue weighted by Gasteiger charge is 2.69. The molecule has 2 saturated carbocycles. The predicted octanol–water partition coefficient (Wildman–Crippen LogP) is 5.12. The number of aryl methyl sites for hydroxylation is 1. The molecule has 0 radical (unpaired) electrons. The highest BCUT2D eigenvalue weighted by molar-refractivity contribution is 5.94. The molecule has 26 heavy (non-hydrogen) atoms. The summed E-state index contributed by atoms with van der Waals surface area (Å²) in [6.07, 6.45) is 5.90. The van der Waals surface area contributed by atoms with Gasteiger partial charge in [0.05, 0.1) is 0 Å². The smallest absolute Gasteiger partial charge is 0.339 e. The van der Waals surface area contributed by atoms with Crippen molar-refractivity contribution in [2.75, 3.05) is 0 Å². The Morgan fingerprint density at radius 1 is 1.31 bits per heavy atom. The summed E-state index contributed by atoms with van der Waals surface area (Å²) in [5.41, 5.74) is 1.42. The monoisotopic (exact) mass is 358 g/mol. The summed E-state index contributed by atoms with van der Waals surface area (Å²) in [7, 11) is 0. The van der Waals surface area contributed by atoms with Gasteiger partial charge >= 0.3 is 5.97 Å². The standard InChI is InChI=1S/C22H30O4/c1-5-6-7-8-12-11-14-16(19(23)15(12)20(24)25)18-17-13(21(18,2)3)9-10-22(17,4)26-14/h11,13,17-18,23H,5-10H2,1-4H3,(H,24,25)/t13-,17?,18?,22+/m0/s1. The lowest BCUT2D eigenvalue weighted by molar-refractivity contribution is -0.121. The van der Waals surface area contributed by atoms with Gasteiger partial charge in [-0.05, 0) is 55.6 Å². The maximum absolute atomic E-state index is 11.9. The molecular weight excluding hydrogens is 328 g/mol. The van der Waals surface area contributed by atoms with Gasteiger partial charge in [-0.15, -0.1) is 0 Å². The third-order valence-corrected chi connectivity index (χ3v) is 7.51. The Morgan fingerprint density at radius 2 is 2.04 bits per heavy atom. The quantitative estimate of drug-likeness (QED) is 0.717. The number of aromatic hydroxyl groups is 1. The first-order valence-corrected chi connectivity index (χ1v) is 10.0. The molecule has 1 aromatic carbocycles. The molecule has 0 spiro atoms. The molecule has 0 amide bonds. The minimum absolute atomic E-state index is 0.0491. The minimum Gasteiger partial charge on any atom is -0.507 e. The maximum Gasteiger partial charge on any atom is 0.339 e. The third-order valence-electron chi connectivity index (χ3n) is 7.51. The molecule has 2 fully saturated rings. The Balaban J connectivity index is 1.85. The summed E-state index contributed by atoms with van der Waals surface area (Å²) in [4.78, 5) is 11.9. The first-order chi connectivity index (χ1) is 12.2. The van der Waals surface area contributed by atoms with Gasteiger partial charge in [-0.1, -0.05) is 33.6 Å².